The smallest absolute Gasteiger partial charge is 0.290 e. The molecule has 160 valence electrons. The highest BCUT2D eigenvalue weighted by molar-refractivity contribution is 5.99. The molecule has 3 aromatic rings. The number of aromatic hydroxyl groups is 1. The molecule has 0 bridgehead atoms. The molecule has 0 spiro atoms. The molecule has 1 saturated heterocycles. The summed E-state index contributed by atoms with van der Waals surface area (Å²) in [6.07, 6.45) is 0.804. The van der Waals surface area contributed by atoms with Gasteiger partial charge in [-0.05, 0) is 29.8 Å². The monoisotopic (exact) mass is 421 g/mol. The normalized spacial score (nSPS) is 19.2. The Bertz CT molecular complexity index is 1180. The largest absolute Gasteiger partial charge is 0.508 e. The number of nitrogens with one attached hydrogen (secondary N) is 1. The zero-order valence-corrected chi connectivity index (χ0v) is 17.2. The predicted octanol–water partition coefficient (Wildman–Crippen LogP) is 1.35. The first-order valence-electron chi connectivity index (χ1n) is 10.7. The number of ether oxygens (including phenoxy) is 1. The number of amides is 1. The number of rotatable bonds is 5. The average molecular weight is 421 g/mol. The molecule has 2 aliphatic heterocycles. The molecule has 0 saturated carbocycles. The molecule has 1 aromatic heterocycles. The number of fused-ring (bicyclic) bond motifs is 2. The van der Waals surface area contributed by atoms with Gasteiger partial charge in [0.05, 0.1) is 36.8 Å². The molecule has 1 fully saturated rings. The van der Waals surface area contributed by atoms with Crippen LogP contribution in [0.5, 0.6) is 5.75 Å². The van der Waals surface area contributed by atoms with Crippen molar-refractivity contribution in [2.24, 2.45) is 0 Å². The third-order valence-electron chi connectivity index (χ3n) is 6.19. The van der Waals surface area contributed by atoms with Gasteiger partial charge in [0.15, 0.2) is 5.43 Å². The number of phenols is 1. The average Bonchev–Trinajstić information content (AvgIpc) is 3.07. The van der Waals surface area contributed by atoms with Gasteiger partial charge in [0.1, 0.15) is 24.4 Å². The maximum absolute atomic E-state index is 13.4. The summed E-state index contributed by atoms with van der Waals surface area (Å²) in [6.45, 7) is 4.90. The molecule has 5 rings (SSSR count). The Morgan fingerprint density at radius 1 is 1.06 bits per heavy atom. The maximum atomic E-state index is 13.4. The van der Waals surface area contributed by atoms with E-state index < -0.39 is 6.04 Å². The summed E-state index contributed by atoms with van der Waals surface area (Å²) in [6, 6.07) is 13.2. The quantitative estimate of drug-likeness (QED) is 0.650. The fourth-order valence-electron chi connectivity index (χ4n) is 4.65. The summed E-state index contributed by atoms with van der Waals surface area (Å²) in [7, 11) is 0. The van der Waals surface area contributed by atoms with Crippen LogP contribution in [-0.4, -0.2) is 55.3 Å². The highest BCUT2D eigenvalue weighted by Crippen LogP contribution is 2.38. The van der Waals surface area contributed by atoms with E-state index in [0.717, 1.165) is 39.3 Å². The van der Waals surface area contributed by atoms with Crippen molar-refractivity contribution < 1.29 is 24.0 Å². The standard InChI is InChI=1S/C24H24N2O5/c27-17-6-3-5-16(15-17)21-20-22(28)18-7-1-2-8-19(18)31-23(20)24(29)26(21)10-4-9-25-11-13-30-14-12-25/h1-3,5-8,15,21,27H,4,9-14H2/p+1. The summed E-state index contributed by atoms with van der Waals surface area (Å²) in [5.74, 6) is -0.0692. The first-order valence-corrected chi connectivity index (χ1v) is 10.7. The van der Waals surface area contributed by atoms with E-state index in [1.165, 1.54) is 4.90 Å². The number of phenolic OH excluding ortho intramolecular Hbond substituents is 1. The lowest BCUT2D eigenvalue weighted by atomic mass is 9.98. The number of morpholine rings is 1. The molecular formula is C24H25N2O5+. The van der Waals surface area contributed by atoms with Crippen LogP contribution in [0.25, 0.3) is 11.0 Å². The second kappa shape index (κ2) is 8.17. The molecule has 7 nitrogen and oxygen atoms in total. The number of nitrogens with zero attached hydrogens (tertiary/aromatic N) is 1. The van der Waals surface area contributed by atoms with E-state index in [1.54, 1.807) is 47.4 Å². The molecule has 2 aromatic carbocycles. The van der Waals surface area contributed by atoms with Gasteiger partial charge in [0, 0.05) is 13.0 Å². The number of hydrogen-bond donors (Lipinski definition) is 2. The number of quaternary nitrogens is 1. The van der Waals surface area contributed by atoms with Crippen molar-refractivity contribution in [3.8, 4) is 5.75 Å². The van der Waals surface area contributed by atoms with E-state index in [2.05, 4.69) is 0 Å². The number of para-hydroxylation sites is 1. The minimum Gasteiger partial charge on any atom is -0.508 e. The number of carbonyl (C=O) groups is 1. The van der Waals surface area contributed by atoms with Gasteiger partial charge < -0.3 is 24.1 Å². The molecule has 3 heterocycles. The van der Waals surface area contributed by atoms with Crippen molar-refractivity contribution in [3.05, 3.63) is 75.6 Å². The van der Waals surface area contributed by atoms with Gasteiger partial charge in [-0.3, -0.25) is 9.59 Å². The molecule has 7 heteroatoms. The Hall–Kier alpha value is -3.16. The van der Waals surface area contributed by atoms with Gasteiger partial charge in [0.25, 0.3) is 5.91 Å². The highest BCUT2D eigenvalue weighted by atomic mass is 16.5. The third-order valence-corrected chi connectivity index (χ3v) is 6.19. The van der Waals surface area contributed by atoms with Crippen molar-refractivity contribution in [1.29, 1.82) is 0 Å². The van der Waals surface area contributed by atoms with Gasteiger partial charge in [-0.1, -0.05) is 24.3 Å². The summed E-state index contributed by atoms with van der Waals surface area (Å²) < 4.78 is 11.4. The van der Waals surface area contributed by atoms with E-state index in [-0.39, 0.29) is 22.8 Å². The van der Waals surface area contributed by atoms with Crippen LogP contribution in [0.3, 0.4) is 0 Å². The Morgan fingerprint density at radius 3 is 2.68 bits per heavy atom. The molecule has 1 amide bonds. The van der Waals surface area contributed by atoms with Crippen molar-refractivity contribution in [1.82, 2.24) is 4.90 Å². The molecule has 31 heavy (non-hydrogen) atoms. The zero-order valence-electron chi connectivity index (χ0n) is 17.2. The first kappa shape index (κ1) is 19.8. The second-order valence-corrected chi connectivity index (χ2v) is 8.13. The van der Waals surface area contributed by atoms with Crippen LogP contribution in [-0.2, 0) is 4.74 Å². The molecular weight excluding hydrogens is 396 g/mol. The van der Waals surface area contributed by atoms with Gasteiger partial charge in [0.2, 0.25) is 5.76 Å². The number of hydrogen-bond acceptors (Lipinski definition) is 5. The van der Waals surface area contributed by atoms with Gasteiger partial charge in [-0.2, -0.15) is 0 Å². The molecule has 2 aliphatic rings. The number of carbonyl (C=O) groups excluding carboxylic acids is 1. The summed E-state index contributed by atoms with van der Waals surface area (Å²) in [4.78, 5) is 29.9. The van der Waals surface area contributed by atoms with Crippen LogP contribution >= 0.6 is 0 Å². The van der Waals surface area contributed by atoms with Crippen LogP contribution < -0.4 is 10.3 Å². The van der Waals surface area contributed by atoms with Crippen LogP contribution in [0.15, 0.2) is 57.7 Å². The predicted molar refractivity (Wildman–Crippen MR) is 114 cm³/mol. The SMILES string of the molecule is O=C1c2oc3ccccc3c(=O)c2C(c2cccc(O)c2)N1CCC[NH+]1CCOCC1. The van der Waals surface area contributed by atoms with Crippen LogP contribution in [0, 0.1) is 0 Å². The number of benzene rings is 2. The van der Waals surface area contributed by atoms with Crippen molar-refractivity contribution in [2.75, 3.05) is 39.4 Å². The summed E-state index contributed by atoms with van der Waals surface area (Å²) in [5, 5.41) is 10.5. The van der Waals surface area contributed by atoms with E-state index in [1.807, 2.05) is 6.07 Å². The van der Waals surface area contributed by atoms with Gasteiger partial charge in [-0.25, -0.2) is 0 Å². The molecule has 0 aliphatic carbocycles. The van der Waals surface area contributed by atoms with E-state index in [0.29, 0.717) is 28.6 Å². The summed E-state index contributed by atoms with van der Waals surface area (Å²) >= 11 is 0. The van der Waals surface area contributed by atoms with E-state index in [9.17, 15) is 14.7 Å². The Kier molecular flexibility index (Phi) is 5.21. The second-order valence-electron chi connectivity index (χ2n) is 8.13. The van der Waals surface area contributed by atoms with Crippen LogP contribution in [0.1, 0.15) is 34.1 Å². The lowest BCUT2D eigenvalue weighted by molar-refractivity contribution is -0.908. The van der Waals surface area contributed by atoms with Crippen molar-refractivity contribution >= 4 is 16.9 Å². The van der Waals surface area contributed by atoms with Crippen molar-refractivity contribution in [2.45, 2.75) is 12.5 Å². The molecule has 1 unspecified atom stereocenters. The van der Waals surface area contributed by atoms with E-state index >= 15 is 0 Å². The minimum absolute atomic E-state index is 0.0984. The topological polar surface area (TPSA) is 84.4 Å². The summed E-state index contributed by atoms with van der Waals surface area (Å²) in [5.41, 5.74) is 1.27. The molecule has 1 atom stereocenters. The van der Waals surface area contributed by atoms with Gasteiger partial charge >= 0.3 is 0 Å². The Morgan fingerprint density at radius 2 is 1.87 bits per heavy atom. The molecule has 0 radical (unpaired) electrons. The fourth-order valence-corrected chi connectivity index (χ4v) is 4.65. The van der Waals surface area contributed by atoms with Crippen LogP contribution in [0.2, 0.25) is 0 Å². The lowest BCUT2D eigenvalue weighted by Gasteiger charge is -2.27. The molecule has 2 N–H and O–H groups in total. The van der Waals surface area contributed by atoms with Gasteiger partial charge in [-0.15, -0.1) is 0 Å². The zero-order chi connectivity index (χ0) is 21.4. The fraction of sp³-hybridized carbons (Fsp3) is 0.333. The maximum Gasteiger partial charge on any atom is 0.290 e. The third kappa shape index (κ3) is 3.60. The first-order chi connectivity index (χ1) is 15.1. The Labute approximate surface area is 179 Å². The Balaban J connectivity index is 1.53. The van der Waals surface area contributed by atoms with Crippen molar-refractivity contribution in [3.63, 3.8) is 0 Å². The van der Waals surface area contributed by atoms with E-state index in [4.69, 9.17) is 9.15 Å². The minimum atomic E-state index is -0.574. The highest BCUT2D eigenvalue weighted by Gasteiger charge is 2.42. The van der Waals surface area contributed by atoms with Crippen LogP contribution in [0.4, 0.5) is 0 Å². The lowest BCUT2D eigenvalue weighted by Crippen LogP contribution is -3.14.